The number of hydrogen-bond acceptors (Lipinski definition) is 5. The van der Waals surface area contributed by atoms with E-state index in [1.165, 1.54) is 13.2 Å². The predicted octanol–water partition coefficient (Wildman–Crippen LogP) is 1.27. The number of nitrogen functional groups attached to an aromatic ring is 1. The lowest BCUT2D eigenvalue weighted by atomic mass is 10.3. The Bertz CT molecular complexity index is 561. The van der Waals surface area contributed by atoms with Gasteiger partial charge in [-0.3, -0.25) is 0 Å². The fraction of sp³-hybridized carbons (Fsp3) is 0.500. The molecule has 0 saturated heterocycles. The quantitative estimate of drug-likeness (QED) is 0.561. The number of nitrogens with one attached hydrogen (secondary N) is 1. The fourth-order valence-corrected chi connectivity index (χ4v) is 3.18. The molecule has 0 radical (unpaired) electrons. The Morgan fingerprint density at radius 3 is 2.60 bits per heavy atom. The lowest BCUT2D eigenvalue weighted by Gasteiger charge is -2.13. The first-order chi connectivity index (χ1) is 9.27. The summed E-state index contributed by atoms with van der Waals surface area (Å²) in [5, 5.41) is 0. The Morgan fingerprint density at radius 1 is 1.40 bits per heavy atom. The average molecular weight is 366 g/mol. The van der Waals surface area contributed by atoms with Gasteiger partial charge in [-0.2, -0.15) is 0 Å². The van der Waals surface area contributed by atoms with Gasteiger partial charge in [-0.25, -0.2) is 13.1 Å². The van der Waals surface area contributed by atoms with Gasteiger partial charge < -0.3 is 15.4 Å². The predicted molar refractivity (Wildman–Crippen MR) is 83.5 cm³/mol. The van der Waals surface area contributed by atoms with Crippen LogP contribution in [-0.2, 0) is 10.0 Å². The molecule has 3 N–H and O–H groups in total. The van der Waals surface area contributed by atoms with Gasteiger partial charge in [0.25, 0.3) is 0 Å². The van der Waals surface area contributed by atoms with E-state index in [9.17, 15) is 8.42 Å². The zero-order valence-electron chi connectivity index (χ0n) is 11.8. The van der Waals surface area contributed by atoms with E-state index in [4.69, 9.17) is 10.5 Å². The number of halogens is 1. The highest BCUT2D eigenvalue weighted by Crippen LogP contribution is 2.32. The average Bonchev–Trinajstić information content (AvgIpc) is 2.37. The molecule has 1 aromatic rings. The van der Waals surface area contributed by atoms with E-state index >= 15 is 0 Å². The first-order valence-electron chi connectivity index (χ1n) is 6.05. The highest BCUT2D eigenvalue weighted by Gasteiger charge is 2.20. The van der Waals surface area contributed by atoms with Crippen LogP contribution >= 0.6 is 15.9 Å². The number of nitrogens with zero attached hydrogens (tertiary/aromatic N) is 1. The van der Waals surface area contributed by atoms with Gasteiger partial charge in [0, 0.05) is 16.7 Å². The van der Waals surface area contributed by atoms with Crippen molar-refractivity contribution in [1.29, 1.82) is 0 Å². The van der Waals surface area contributed by atoms with E-state index in [2.05, 4.69) is 20.7 Å². The molecule has 8 heteroatoms. The molecule has 0 spiro atoms. The molecule has 0 bridgehead atoms. The van der Waals surface area contributed by atoms with Gasteiger partial charge in [-0.05, 0) is 55.1 Å². The summed E-state index contributed by atoms with van der Waals surface area (Å²) in [6.07, 6.45) is 0.723. The van der Waals surface area contributed by atoms with Crippen molar-refractivity contribution < 1.29 is 13.2 Å². The van der Waals surface area contributed by atoms with Crippen LogP contribution in [0.3, 0.4) is 0 Å². The van der Waals surface area contributed by atoms with Crippen molar-refractivity contribution in [3.8, 4) is 5.75 Å². The molecule has 6 nitrogen and oxygen atoms in total. The van der Waals surface area contributed by atoms with Crippen molar-refractivity contribution in [2.45, 2.75) is 11.3 Å². The topological polar surface area (TPSA) is 84.7 Å². The number of benzene rings is 1. The van der Waals surface area contributed by atoms with Crippen LogP contribution in [0.1, 0.15) is 6.42 Å². The van der Waals surface area contributed by atoms with E-state index in [1.54, 1.807) is 6.07 Å². The largest absolute Gasteiger partial charge is 0.495 e. The molecule has 20 heavy (non-hydrogen) atoms. The molecule has 0 aliphatic rings. The van der Waals surface area contributed by atoms with Crippen LogP contribution < -0.4 is 15.2 Å². The zero-order valence-corrected chi connectivity index (χ0v) is 14.2. The maximum atomic E-state index is 12.2. The van der Waals surface area contributed by atoms with Crippen molar-refractivity contribution in [3.05, 3.63) is 16.6 Å². The fourth-order valence-electron chi connectivity index (χ4n) is 1.60. The number of hydrogen-bond donors (Lipinski definition) is 2. The van der Waals surface area contributed by atoms with Crippen LogP contribution in [0.25, 0.3) is 0 Å². The lowest BCUT2D eigenvalue weighted by Crippen LogP contribution is -2.27. The maximum absolute atomic E-state index is 12.2. The molecule has 114 valence electrons. The maximum Gasteiger partial charge on any atom is 0.244 e. The second kappa shape index (κ2) is 7.26. The highest BCUT2D eigenvalue weighted by atomic mass is 79.9. The summed E-state index contributed by atoms with van der Waals surface area (Å²) >= 11 is 3.24. The van der Waals surface area contributed by atoms with Crippen molar-refractivity contribution in [3.63, 3.8) is 0 Å². The Balaban J connectivity index is 2.89. The normalized spacial score (nSPS) is 11.8. The molecule has 0 aliphatic carbocycles. The molecule has 0 aromatic heterocycles. The molecular formula is C12H20BrN3O3S. The van der Waals surface area contributed by atoms with Crippen LogP contribution in [0.4, 0.5) is 5.69 Å². The van der Waals surface area contributed by atoms with Gasteiger partial charge in [0.15, 0.2) is 0 Å². The number of sulfonamides is 1. The molecule has 0 amide bonds. The monoisotopic (exact) mass is 365 g/mol. The molecular weight excluding hydrogens is 346 g/mol. The van der Waals surface area contributed by atoms with E-state index in [0.717, 1.165) is 13.0 Å². The Morgan fingerprint density at radius 2 is 2.05 bits per heavy atom. The summed E-state index contributed by atoms with van der Waals surface area (Å²) in [5.41, 5.74) is 6.08. The van der Waals surface area contributed by atoms with Crippen molar-refractivity contribution in [2.24, 2.45) is 0 Å². The van der Waals surface area contributed by atoms with E-state index in [-0.39, 0.29) is 10.6 Å². The van der Waals surface area contributed by atoms with Gasteiger partial charge >= 0.3 is 0 Å². The highest BCUT2D eigenvalue weighted by molar-refractivity contribution is 9.10. The molecule has 0 atom stereocenters. The number of nitrogens with two attached hydrogens (primary N) is 1. The minimum atomic E-state index is -3.63. The second-order valence-electron chi connectivity index (χ2n) is 4.58. The van der Waals surface area contributed by atoms with Gasteiger partial charge in [-0.15, -0.1) is 0 Å². The molecule has 1 rings (SSSR count). The number of anilines is 1. The third-order valence-corrected chi connectivity index (χ3v) is 4.82. The van der Waals surface area contributed by atoms with E-state index in [1.807, 2.05) is 19.0 Å². The summed E-state index contributed by atoms with van der Waals surface area (Å²) < 4.78 is 32.7. The van der Waals surface area contributed by atoms with Crippen LogP contribution in [0, 0.1) is 0 Å². The molecule has 0 aliphatic heterocycles. The van der Waals surface area contributed by atoms with Gasteiger partial charge in [0.1, 0.15) is 10.6 Å². The van der Waals surface area contributed by atoms with Crippen molar-refractivity contribution >= 4 is 31.6 Å². The first kappa shape index (κ1) is 17.2. The Kier molecular flexibility index (Phi) is 6.25. The standard InChI is InChI=1S/C12H20BrN3O3S/c1-16(2)6-4-5-15-20(17,18)12-8-10(14)9(13)7-11(12)19-3/h7-8,15H,4-6,14H2,1-3H3. The number of ether oxygens (including phenoxy) is 1. The summed E-state index contributed by atoms with van der Waals surface area (Å²) in [7, 11) is 1.66. The van der Waals surface area contributed by atoms with Crippen LogP contribution in [-0.4, -0.2) is 47.6 Å². The summed E-state index contributed by atoms with van der Waals surface area (Å²) in [4.78, 5) is 2.04. The Labute approximate surface area is 128 Å². The summed E-state index contributed by atoms with van der Waals surface area (Å²) in [6, 6.07) is 2.93. The van der Waals surface area contributed by atoms with E-state index in [0.29, 0.717) is 16.7 Å². The third kappa shape index (κ3) is 4.62. The summed E-state index contributed by atoms with van der Waals surface area (Å²) in [5.74, 6) is 0.256. The van der Waals surface area contributed by atoms with E-state index < -0.39 is 10.0 Å². The summed E-state index contributed by atoms with van der Waals surface area (Å²) in [6.45, 7) is 1.17. The zero-order chi connectivity index (χ0) is 15.3. The first-order valence-corrected chi connectivity index (χ1v) is 8.33. The SMILES string of the molecule is COc1cc(Br)c(N)cc1S(=O)(=O)NCCCN(C)C. The molecule has 0 heterocycles. The van der Waals surface area contributed by atoms with Gasteiger partial charge in [0.2, 0.25) is 10.0 Å². The van der Waals surface area contributed by atoms with Crippen LogP contribution in [0.5, 0.6) is 5.75 Å². The van der Waals surface area contributed by atoms with Crippen LogP contribution in [0.15, 0.2) is 21.5 Å². The second-order valence-corrected chi connectivity index (χ2v) is 7.17. The minimum Gasteiger partial charge on any atom is -0.495 e. The van der Waals surface area contributed by atoms with Crippen molar-refractivity contribution in [1.82, 2.24) is 9.62 Å². The molecule has 0 fully saturated rings. The number of methoxy groups -OCH3 is 1. The van der Waals surface area contributed by atoms with Crippen molar-refractivity contribution in [2.75, 3.05) is 40.0 Å². The lowest BCUT2D eigenvalue weighted by molar-refractivity contribution is 0.397. The molecule has 1 aromatic carbocycles. The molecule has 0 saturated carbocycles. The minimum absolute atomic E-state index is 0.0468. The van der Waals surface area contributed by atoms with Gasteiger partial charge in [-0.1, -0.05) is 0 Å². The molecule has 0 unspecified atom stereocenters. The van der Waals surface area contributed by atoms with Crippen LogP contribution in [0.2, 0.25) is 0 Å². The third-order valence-electron chi connectivity index (χ3n) is 2.65. The smallest absolute Gasteiger partial charge is 0.244 e. The Hall–Kier alpha value is -0.830. The number of rotatable bonds is 7. The van der Waals surface area contributed by atoms with Gasteiger partial charge in [0.05, 0.1) is 7.11 Å².